The van der Waals surface area contributed by atoms with Gasteiger partial charge in [0, 0.05) is 73.4 Å². The van der Waals surface area contributed by atoms with Crippen LogP contribution in [0.25, 0.3) is 11.4 Å². The number of carbonyl (C=O) groups is 1. The van der Waals surface area contributed by atoms with Crippen LogP contribution in [0.2, 0.25) is 0 Å². The standard InChI is InChI=1S/C30H37N5O3/c1-19(2)21-6-8-24(9-7-21)30(37,28(4)15-34(5)16-28)25-10-22(13-31-14-25)26-32-27(38-33-26)23-11-29(12-23)17-35(18-29)20(3)36/h6-10,13-14,19,23,37H,11-12,15-18H2,1-5H3. The van der Waals surface area contributed by atoms with Gasteiger partial charge in [-0.05, 0) is 43.0 Å². The molecule has 1 aromatic carbocycles. The molecule has 1 saturated carbocycles. The van der Waals surface area contributed by atoms with E-state index in [1.54, 1.807) is 19.3 Å². The summed E-state index contributed by atoms with van der Waals surface area (Å²) in [7, 11) is 2.07. The van der Waals surface area contributed by atoms with Crippen LogP contribution in [0.3, 0.4) is 0 Å². The number of hydrogen-bond donors (Lipinski definition) is 1. The third-order valence-electron chi connectivity index (χ3n) is 9.17. The molecule has 6 rings (SSSR count). The Labute approximate surface area is 224 Å². The summed E-state index contributed by atoms with van der Waals surface area (Å²) < 4.78 is 5.68. The van der Waals surface area contributed by atoms with Crippen LogP contribution in [0.5, 0.6) is 0 Å². The highest BCUT2D eigenvalue weighted by Crippen LogP contribution is 2.56. The van der Waals surface area contributed by atoms with E-state index in [0.717, 1.165) is 55.7 Å². The average Bonchev–Trinajstić information content (AvgIpc) is 3.31. The molecule has 1 unspecified atom stereocenters. The third-order valence-corrected chi connectivity index (χ3v) is 9.17. The van der Waals surface area contributed by atoms with Crippen molar-refractivity contribution in [2.24, 2.45) is 10.8 Å². The number of carbonyl (C=O) groups excluding carboxylic acids is 1. The lowest BCUT2D eigenvalue weighted by Gasteiger charge is -2.58. The Kier molecular flexibility index (Phi) is 5.78. The van der Waals surface area contributed by atoms with Gasteiger partial charge in [-0.2, -0.15) is 4.98 Å². The number of likely N-dealkylation sites (tertiary alicyclic amines) is 2. The van der Waals surface area contributed by atoms with Crippen molar-refractivity contribution in [3.63, 3.8) is 0 Å². The molecule has 200 valence electrons. The van der Waals surface area contributed by atoms with Gasteiger partial charge in [0.05, 0.1) is 0 Å². The summed E-state index contributed by atoms with van der Waals surface area (Å²) in [5.74, 6) is 1.92. The van der Waals surface area contributed by atoms with E-state index in [1.165, 1.54) is 5.56 Å². The molecular weight excluding hydrogens is 478 g/mol. The highest BCUT2D eigenvalue weighted by molar-refractivity contribution is 5.74. The molecule has 1 spiro atoms. The van der Waals surface area contributed by atoms with Gasteiger partial charge in [-0.25, -0.2) is 0 Å². The second kappa shape index (κ2) is 8.71. The molecule has 4 heterocycles. The first-order chi connectivity index (χ1) is 18.0. The van der Waals surface area contributed by atoms with Gasteiger partial charge in [0.2, 0.25) is 17.6 Å². The van der Waals surface area contributed by atoms with Crippen LogP contribution in [0.15, 0.2) is 47.2 Å². The lowest BCUT2D eigenvalue weighted by atomic mass is 9.57. The Hall–Kier alpha value is -3.10. The number of amides is 1. The number of benzene rings is 1. The monoisotopic (exact) mass is 515 g/mol. The number of aliphatic hydroxyl groups is 1. The molecule has 1 aliphatic carbocycles. The molecule has 2 aliphatic heterocycles. The minimum absolute atomic E-state index is 0.143. The largest absolute Gasteiger partial charge is 0.380 e. The molecule has 3 aliphatic rings. The molecular formula is C30H37N5O3. The first kappa shape index (κ1) is 25.2. The minimum atomic E-state index is -1.22. The quantitative estimate of drug-likeness (QED) is 0.526. The van der Waals surface area contributed by atoms with Crippen LogP contribution >= 0.6 is 0 Å². The zero-order valence-corrected chi connectivity index (χ0v) is 22.9. The van der Waals surface area contributed by atoms with Crippen molar-refractivity contribution in [1.29, 1.82) is 0 Å². The van der Waals surface area contributed by atoms with Crippen molar-refractivity contribution >= 4 is 5.91 Å². The average molecular weight is 516 g/mol. The van der Waals surface area contributed by atoms with Crippen LogP contribution in [0.4, 0.5) is 0 Å². The summed E-state index contributed by atoms with van der Waals surface area (Å²) in [6.45, 7) is 11.3. The van der Waals surface area contributed by atoms with E-state index in [1.807, 2.05) is 11.0 Å². The molecule has 1 amide bonds. The Balaban J connectivity index is 1.27. The Morgan fingerprint density at radius 1 is 1.11 bits per heavy atom. The molecule has 38 heavy (non-hydrogen) atoms. The summed E-state index contributed by atoms with van der Waals surface area (Å²) in [5.41, 5.74) is 2.19. The van der Waals surface area contributed by atoms with E-state index in [0.29, 0.717) is 17.6 Å². The van der Waals surface area contributed by atoms with Crippen molar-refractivity contribution in [2.75, 3.05) is 33.2 Å². The molecule has 2 aromatic heterocycles. The van der Waals surface area contributed by atoms with Crippen molar-refractivity contribution in [3.8, 4) is 11.4 Å². The van der Waals surface area contributed by atoms with Crippen LogP contribution in [-0.2, 0) is 10.4 Å². The van der Waals surface area contributed by atoms with Crippen molar-refractivity contribution in [3.05, 3.63) is 65.3 Å². The van der Waals surface area contributed by atoms with Crippen LogP contribution in [0.1, 0.15) is 75.0 Å². The number of hydrogen-bond acceptors (Lipinski definition) is 7. The van der Waals surface area contributed by atoms with Crippen molar-refractivity contribution in [2.45, 2.75) is 58.0 Å². The highest BCUT2D eigenvalue weighted by atomic mass is 16.5. The lowest BCUT2D eigenvalue weighted by molar-refractivity contribution is -0.149. The number of nitrogens with zero attached hydrogens (tertiary/aromatic N) is 5. The maximum atomic E-state index is 12.5. The summed E-state index contributed by atoms with van der Waals surface area (Å²) >= 11 is 0. The van der Waals surface area contributed by atoms with Gasteiger partial charge in [0.1, 0.15) is 5.60 Å². The first-order valence-electron chi connectivity index (χ1n) is 13.6. The molecule has 1 N–H and O–H groups in total. The lowest BCUT2D eigenvalue weighted by Crippen LogP contribution is -2.63. The van der Waals surface area contributed by atoms with Crippen molar-refractivity contribution < 1.29 is 14.4 Å². The van der Waals surface area contributed by atoms with E-state index in [4.69, 9.17) is 9.51 Å². The van der Waals surface area contributed by atoms with Crippen LogP contribution in [0, 0.1) is 10.8 Å². The zero-order chi connectivity index (χ0) is 26.9. The summed E-state index contributed by atoms with van der Waals surface area (Å²) in [5, 5.41) is 16.8. The van der Waals surface area contributed by atoms with Gasteiger partial charge >= 0.3 is 0 Å². The predicted octanol–water partition coefficient (Wildman–Crippen LogP) is 4.17. The molecule has 0 bridgehead atoms. The molecule has 2 saturated heterocycles. The van der Waals surface area contributed by atoms with Gasteiger partial charge in [-0.3, -0.25) is 9.78 Å². The summed E-state index contributed by atoms with van der Waals surface area (Å²) in [4.78, 5) is 24.9. The number of pyridine rings is 1. The maximum Gasteiger partial charge on any atom is 0.230 e. The van der Waals surface area contributed by atoms with Gasteiger partial charge in [0.15, 0.2) is 0 Å². The van der Waals surface area contributed by atoms with Crippen LogP contribution in [-0.4, -0.2) is 69.2 Å². The Morgan fingerprint density at radius 2 is 1.79 bits per heavy atom. The Bertz CT molecular complexity index is 1350. The second-order valence-electron chi connectivity index (χ2n) is 12.6. The van der Waals surface area contributed by atoms with Gasteiger partial charge in [-0.1, -0.05) is 50.2 Å². The third kappa shape index (κ3) is 3.88. The molecule has 0 radical (unpaired) electrons. The van der Waals surface area contributed by atoms with E-state index < -0.39 is 5.60 Å². The molecule has 3 fully saturated rings. The topological polar surface area (TPSA) is 95.6 Å². The molecule has 1 atom stereocenters. The van der Waals surface area contributed by atoms with Gasteiger partial charge in [0.25, 0.3) is 0 Å². The number of rotatable bonds is 6. The van der Waals surface area contributed by atoms with E-state index in [2.05, 4.69) is 67.1 Å². The van der Waals surface area contributed by atoms with E-state index in [9.17, 15) is 9.90 Å². The minimum Gasteiger partial charge on any atom is -0.380 e. The molecule has 3 aromatic rings. The summed E-state index contributed by atoms with van der Waals surface area (Å²) in [6, 6.07) is 10.3. The summed E-state index contributed by atoms with van der Waals surface area (Å²) in [6.07, 6.45) is 5.43. The number of aromatic nitrogens is 3. The van der Waals surface area contributed by atoms with E-state index >= 15 is 0 Å². The van der Waals surface area contributed by atoms with Crippen molar-refractivity contribution in [1.82, 2.24) is 24.9 Å². The zero-order valence-electron chi connectivity index (χ0n) is 22.9. The maximum absolute atomic E-state index is 12.5. The Morgan fingerprint density at radius 3 is 2.39 bits per heavy atom. The van der Waals surface area contributed by atoms with E-state index in [-0.39, 0.29) is 22.7 Å². The normalized spacial score (nSPS) is 22.0. The SMILES string of the molecule is CC(=O)N1CC2(CC(c3nc(-c4cncc(C(O)(c5ccc(C(C)C)cc5)C5(C)CN(C)C5)c4)no3)C2)C1. The highest BCUT2D eigenvalue weighted by Gasteiger charge is 2.56. The smallest absolute Gasteiger partial charge is 0.230 e. The predicted molar refractivity (Wildman–Crippen MR) is 143 cm³/mol. The van der Waals surface area contributed by atoms with Crippen LogP contribution < -0.4 is 0 Å². The fourth-order valence-corrected chi connectivity index (χ4v) is 7.03. The molecule has 8 heteroatoms. The second-order valence-corrected chi connectivity index (χ2v) is 12.6. The molecule has 8 nitrogen and oxygen atoms in total. The van der Waals surface area contributed by atoms with Gasteiger partial charge in [-0.15, -0.1) is 0 Å². The fourth-order valence-electron chi connectivity index (χ4n) is 7.03. The fraction of sp³-hybridized carbons (Fsp3) is 0.533. The van der Waals surface area contributed by atoms with Gasteiger partial charge < -0.3 is 19.4 Å². The first-order valence-corrected chi connectivity index (χ1v) is 13.6.